The van der Waals surface area contributed by atoms with Crippen LogP contribution in [0, 0.1) is 0 Å². The molecule has 2 N–H and O–H groups in total. The molecular formula is C18H25N3OS. The number of carbonyl (C=O) groups is 1. The fourth-order valence-electron chi connectivity index (χ4n) is 2.16. The van der Waals surface area contributed by atoms with Crippen molar-refractivity contribution in [2.45, 2.75) is 52.6 Å². The number of anilines is 1. The Labute approximate surface area is 142 Å². The maximum Gasteiger partial charge on any atom is 0.224 e. The summed E-state index contributed by atoms with van der Waals surface area (Å²) >= 11 is 1.72. The molecule has 0 aliphatic carbocycles. The minimum Gasteiger partial charge on any atom is -0.326 e. The molecule has 1 heterocycles. The molecule has 0 saturated heterocycles. The van der Waals surface area contributed by atoms with Crippen LogP contribution < -0.4 is 10.6 Å². The highest BCUT2D eigenvalue weighted by Crippen LogP contribution is 2.19. The van der Waals surface area contributed by atoms with Crippen LogP contribution in [-0.2, 0) is 17.9 Å². The first-order valence-electron chi connectivity index (χ1n) is 8.12. The summed E-state index contributed by atoms with van der Waals surface area (Å²) in [6, 6.07) is 7.97. The van der Waals surface area contributed by atoms with Crippen molar-refractivity contribution in [2.75, 3.05) is 5.32 Å². The third-order valence-electron chi connectivity index (χ3n) is 3.41. The highest BCUT2D eigenvalue weighted by Gasteiger charge is 2.05. The summed E-state index contributed by atoms with van der Waals surface area (Å²) in [6.07, 6.45) is 1.43. The van der Waals surface area contributed by atoms with E-state index in [-0.39, 0.29) is 5.91 Å². The van der Waals surface area contributed by atoms with Gasteiger partial charge in [0.2, 0.25) is 5.91 Å². The van der Waals surface area contributed by atoms with Gasteiger partial charge in [0.15, 0.2) is 0 Å². The van der Waals surface area contributed by atoms with Gasteiger partial charge in [-0.3, -0.25) is 4.79 Å². The highest BCUT2D eigenvalue weighted by atomic mass is 32.1. The van der Waals surface area contributed by atoms with Gasteiger partial charge in [-0.1, -0.05) is 32.9 Å². The molecule has 0 unspecified atom stereocenters. The maximum atomic E-state index is 11.5. The molecule has 0 fully saturated rings. The van der Waals surface area contributed by atoms with Crippen LogP contribution in [0.1, 0.15) is 55.8 Å². The van der Waals surface area contributed by atoms with Crippen LogP contribution >= 0.6 is 11.3 Å². The number of aromatic nitrogens is 1. The summed E-state index contributed by atoms with van der Waals surface area (Å²) in [6.45, 7) is 7.89. The molecule has 5 heteroatoms. The average molecular weight is 331 g/mol. The second-order valence-corrected chi connectivity index (χ2v) is 6.82. The van der Waals surface area contributed by atoms with Crippen molar-refractivity contribution in [1.82, 2.24) is 10.3 Å². The van der Waals surface area contributed by atoms with E-state index >= 15 is 0 Å². The van der Waals surface area contributed by atoms with Crippen LogP contribution in [0.2, 0.25) is 0 Å². The van der Waals surface area contributed by atoms with Crippen LogP contribution in [-0.4, -0.2) is 10.9 Å². The summed E-state index contributed by atoms with van der Waals surface area (Å²) < 4.78 is 0. The van der Waals surface area contributed by atoms with E-state index in [9.17, 15) is 4.79 Å². The molecule has 23 heavy (non-hydrogen) atoms. The number of thiazole rings is 1. The van der Waals surface area contributed by atoms with E-state index in [0.29, 0.717) is 12.3 Å². The van der Waals surface area contributed by atoms with Crippen molar-refractivity contribution in [2.24, 2.45) is 0 Å². The van der Waals surface area contributed by atoms with E-state index < -0.39 is 0 Å². The number of nitrogens with one attached hydrogen (secondary N) is 2. The number of rotatable bonds is 8. The van der Waals surface area contributed by atoms with Crippen molar-refractivity contribution in [1.29, 1.82) is 0 Å². The van der Waals surface area contributed by atoms with Crippen LogP contribution in [0.5, 0.6) is 0 Å². The van der Waals surface area contributed by atoms with Gasteiger partial charge in [0.25, 0.3) is 0 Å². The van der Waals surface area contributed by atoms with Crippen LogP contribution in [0.15, 0.2) is 29.6 Å². The molecule has 1 amide bonds. The van der Waals surface area contributed by atoms with Gasteiger partial charge in [0.05, 0.1) is 10.7 Å². The lowest BCUT2D eigenvalue weighted by molar-refractivity contribution is -0.116. The highest BCUT2D eigenvalue weighted by molar-refractivity contribution is 7.09. The number of carbonyl (C=O) groups excluding carboxylic acids is 1. The zero-order valence-corrected chi connectivity index (χ0v) is 14.9. The Morgan fingerprint density at radius 1 is 1.22 bits per heavy atom. The van der Waals surface area contributed by atoms with Gasteiger partial charge in [0.1, 0.15) is 0 Å². The largest absolute Gasteiger partial charge is 0.326 e. The van der Waals surface area contributed by atoms with E-state index in [0.717, 1.165) is 30.9 Å². The summed E-state index contributed by atoms with van der Waals surface area (Å²) in [5.74, 6) is 0.562. The number of hydrogen-bond donors (Lipinski definition) is 2. The van der Waals surface area contributed by atoms with Crippen LogP contribution in [0.25, 0.3) is 0 Å². The van der Waals surface area contributed by atoms with Gasteiger partial charge in [-0.2, -0.15) is 0 Å². The fourth-order valence-corrected chi connectivity index (χ4v) is 3.00. The van der Waals surface area contributed by atoms with Crippen LogP contribution in [0.4, 0.5) is 5.69 Å². The van der Waals surface area contributed by atoms with Gasteiger partial charge < -0.3 is 10.6 Å². The predicted octanol–water partition coefficient (Wildman–Crippen LogP) is 4.29. The molecule has 4 nitrogen and oxygen atoms in total. The molecule has 0 aliphatic heterocycles. The number of hydrogen-bond acceptors (Lipinski definition) is 4. The topological polar surface area (TPSA) is 54.0 Å². The fraction of sp³-hybridized carbons (Fsp3) is 0.444. The number of nitrogens with zero attached hydrogens (tertiary/aromatic N) is 1. The Morgan fingerprint density at radius 2 is 1.96 bits per heavy atom. The monoisotopic (exact) mass is 331 g/mol. The molecule has 0 spiro atoms. The minimum absolute atomic E-state index is 0.0721. The predicted molar refractivity (Wildman–Crippen MR) is 96.7 cm³/mol. The molecule has 2 aromatic rings. The average Bonchev–Trinajstić information content (AvgIpc) is 2.98. The van der Waals surface area contributed by atoms with E-state index in [1.54, 1.807) is 11.3 Å². The van der Waals surface area contributed by atoms with Gasteiger partial charge in [-0.25, -0.2) is 4.98 Å². The van der Waals surface area contributed by atoms with Gasteiger partial charge in [0, 0.05) is 36.5 Å². The summed E-state index contributed by atoms with van der Waals surface area (Å²) in [5, 5.41) is 9.61. The minimum atomic E-state index is 0.0721. The Kier molecular flexibility index (Phi) is 6.74. The molecule has 1 aromatic carbocycles. The Balaban J connectivity index is 1.78. The second kappa shape index (κ2) is 8.79. The lowest BCUT2D eigenvalue weighted by Gasteiger charge is -2.07. The Bertz CT molecular complexity index is 619. The van der Waals surface area contributed by atoms with E-state index in [1.807, 2.05) is 31.2 Å². The molecule has 0 aliphatic rings. The number of amides is 1. The van der Waals surface area contributed by atoms with Crippen molar-refractivity contribution < 1.29 is 4.79 Å². The first-order valence-corrected chi connectivity index (χ1v) is 9.00. The maximum absolute atomic E-state index is 11.5. The van der Waals surface area contributed by atoms with Crippen molar-refractivity contribution in [3.8, 4) is 0 Å². The molecule has 0 atom stereocenters. The van der Waals surface area contributed by atoms with Crippen molar-refractivity contribution in [3.63, 3.8) is 0 Å². The lowest BCUT2D eigenvalue weighted by atomic mass is 10.2. The third-order valence-corrected chi connectivity index (χ3v) is 4.61. The Morgan fingerprint density at radius 3 is 2.57 bits per heavy atom. The van der Waals surface area contributed by atoms with Crippen LogP contribution in [0.3, 0.4) is 0 Å². The van der Waals surface area contributed by atoms with Gasteiger partial charge in [-0.15, -0.1) is 11.3 Å². The first kappa shape index (κ1) is 17.6. The first-order chi connectivity index (χ1) is 11.1. The van der Waals surface area contributed by atoms with E-state index in [4.69, 9.17) is 0 Å². The number of benzene rings is 1. The summed E-state index contributed by atoms with van der Waals surface area (Å²) in [5.41, 5.74) is 3.15. The molecule has 0 radical (unpaired) electrons. The third kappa shape index (κ3) is 5.77. The second-order valence-electron chi connectivity index (χ2n) is 5.93. The smallest absolute Gasteiger partial charge is 0.224 e. The normalized spacial score (nSPS) is 11.0. The standard InChI is InChI=1S/C18H25N3OS/c1-4-5-17(22)20-15-8-6-14(7-9-15)10-19-11-16-12-23-18(21-16)13(2)3/h6-9,12-13,19H,4-5,10-11H2,1-3H3,(H,20,22). The summed E-state index contributed by atoms with van der Waals surface area (Å²) in [7, 11) is 0. The van der Waals surface area contributed by atoms with E-state index in [1.165, 1.54) is 10.6 Å². The van der Waals surface area contributed by atoms with Gasteiger partial charge >= 0.3 is 0 Å². The van der Waals surface area contributed by atoms with Gasteiger partial charge in [-0.05, 0) is 24.1 Å². The van der Waals surface area contributed by atoms with E-state index in [2.05, 4.69) is 34.8 Å². The van der Waals surface area contributed by atoms with Crippen molar-refractivity contribution in [3.05, 3.63) is 45.9 Å². The lowest BCUT2D eigenvalue weighted by Crippen LogP contribution is -2.13. The SMILES string of the molecule is CCCC(=O)Nc1ccc(CNCc2csc(C(C)C)n2)cc1. The molecule has 1 aromatic heterocycles. The summed E-state index contributed by atoms with van der Waals surface area (Å²) in [4.78, 5) is 16.2. The molecule has 0 saturated carbocycles. The quantitative estimate of drug-likeness (QED) is 0.758. The van der Waals surface area contributed by atoms with Crippen molar-refractivity contribution >= 4 is 22.9 Å². The molecular weight excluding hydrogens is 306 g/mol. The zero-order valence-electron chi connectivity index (χ0n) is 14.1. The Hall–Kier alpha value is -1.72. The molecule has 0 bridgehead atoms. The molecule has 2 rings (SSSR count). The molecule has 124 valence electrons. The zero-order chi connectivity index (χ0) is 16.7.